The summed E-state index contributed by atoms with van der Waals surface area (Å²) in [4.78, 5) is 20.8. The maximum absolute atomic E-state index is 13.8. The first-order valence-corrected chi connectivity index (χ1v) is 7.43. The van der Waals surface area contributed by atoms with Crippen molar-refractivity contribution >= 4 is 17.5 Å². The molecule has 2 rings (SSSR count). The number of aromatic nitrogens is 2. The molecule has 0 aliphatic heterocycles. The molecule has 7 heteroatoms. The van der Waals surface area contributed by atoms with Crippen LogP contribution in [0.2, 0.25) is 0 Å². The first-order chi connectivity index (χ1) is 10.5. The van der Waals surface area contributed by atoms with Gasteiger partial charge in [-0.2, -0.15) is 0 Å². The van der Waals surface area contributed by atoms with Crippen molar-refractivity contribution in [1.29, 1.82) is 0 Å². The van der Waals surface area contributed by atoms with Crippen molar-refractivity contribution in [3.05, 3.63) is 47.2 Å². The highest BCUT2D eigenvalue weighted by Crippen LogP contribution is 2.30. The number of ketones is 1. The van der Waals surface area contributed by atoms with Crippen LogP contribution in [0.1, 0.15) is 28.4 Å². The van der Waals surface area contributed by atoms with Crippen LogP contribution in [-0.2, 0) is 0 Å². The number of carbonyl (C=O) groups is 1. The van der Waals surface area contributed by atoms with Crippen molar-refractivity contribution in [2.75, 3.05) is 7.11 Å². The van der Waals surface area contributed by atoms with Crippen LogP contribution in [0.3, 0.4) is 0 Å². The van der Waals surface area contributed by atoms with Gasteiger partial charge in [0.15, 0.2) is 0 Å². The fraction of sp³-hybridized carbons (Fsp3) is 0.267. The Balaban J connectivity index is 2.56. The highest BCUT2D eigenvalue weighted by molar-refractivity contribution is 7.99. The van der Waals surface area contributed by atoms with Gasteiger partial charge < -0.3 is 10.5 Å². The number of hydrogen-bond acceptors (Lipinski definition) is 6. The second-order valence-corrected chi connectivity index (χ2v) is 6.01. The fourth-order valence-electron chi connectivity index (χ4n) is 1.99. The number of halogens is 1. The van der Waals surface area contributed by atoms with Crippen LogP contribution < -0.4 is 10.5 Å². The maximum atomic E-state index is 13.8. The van der Waals surface area contributed by atoms with Crippen LogP contribution in [0, 0.1) is 12.7 Å². The predicted molar refractivity (Wildman–Crippen MR) is 82.7 cm³/mol. The molecule has 0 saturated heterocycles. The Hall–Kier alpha value is -1.99. The lowest BCUT2D eigenvalue weighted by Crippen LogP contribution is -2.14. The summed E-state index contributed by atoms with van der Waals surface area (Å²) in [5.41, 5.74) is 6.42. The van der Waals surface area contributed by atoms with Crippen molar-refractivity contribution in [2.24, 2.45) is 5.73 Å². The molecule has 0 saturated carbocycles. The van der Waals surface area contributed by atoms with Gasteiger partial charge in [-0.1, -0.05) is 11.8 Å². The van der Waals surface area contributed by atoms with Gasteiger partial charge in [-0.3, -0.25) is 4.79 Å². The molecule has 0 amide bonds. The van der Waals surface area contributed by atoms with E-state index in [0.717, 1.165) is 0 Å². The van der Waals surface area contributed by atoms with Gasteiger partial charge >= 0.3 is 0 Å². The molecular formula is C15H16FN3O2S. The van der Waals surface area contributed by atoms with E-state index in [1.165, 1.54) is 50.5 Å². The van der Waals surface area contributed by atoms with Crippen LogP contribution in [-0.4, -0.2) is 28.2 Å². The predicted octanol–water partition coefficient (Wildman–Crippen LogP) is 2.56. The van der Waals surface area contributed by atoms with Crippen LogP contribution in [0.4, 0.5) is 4.39 Å². The molecular weight excluding hydrogens is 305 g/mol. The molecule has 0 bridgehead atoms. The third-order valence-corrected chi connectivity index (χ3v) is 3.95. The highest BCUT2D eigenvalue weighted by Gasteiger charge is 2.23. The van der Waals surface area contributed by atoms with E-state index in [1.807, 2.05) is 0 Å². The van der Waals surface area contributed by atoms with Gasteiger partial charge in [-0.25, -0.2) is 14.4 Å². The SMILES string of the molecule is COc1ccc(F)c(C)c1C(=O)c1cncnc1SC(C)N. The Bertz CT molecular complexity index is 707. The minimum absolute atomic E-state index is 0.170. The molecule has 0 radical (unpaired) electrons. The summed E-state index contributed by atoms with van der Waals surface area (Å²) < 4.78 is 19.0. The molecule has 5 nitrogen and oxygen atoms in total. The summed E-state index contributed by atoms with van der Waals surface area (Å²) in [5.74, 6) is -0.551. The number of nitrogens with zero attached hydrogens (tertiary/aromatic N) is 2. The van der Waals surface area contributed by atoms with Crippen molar-refractivity contribution < 1.29 is 13.9 Å². The van der Waals surface area contributed by atoms with Gasteiger partial charge in [-0.15, -0.1) is 0 Å². The van der Waals surface area contributed by atoms with Crippen molar-refractivity contribution in [2.45, 2.75) is 24.2 Å². The van der Waals surface area contributed by atoms with Gasteiger partial charge in [0.2, 0.25) is 5.78 Å². The van der Waals surface area contributed by atoms with Crippen LogP contribution in [0.5, 0.6) is 5.75 Å². The maximum Gasteiger partial charge on any atom is 0.201 e. The Morgan fingerprint density at radius 1 is 1.45 bits per heavy atom. The molecule has 1 unspecified atom stereocenters. The average Bonchev–Trinajstić information content (AvgIpc) is 2.49. The third-order valence-electron chi connectivity index (χ3n) is 3.03. The summed E-state index contributed by atoms with van der Waals surface area (Å²) in [7, 11) is 1.43. The number of nitrogens with two attached hydrogens (primary N) is 1. The summed E-state index contributed by atoms with van der Waals surface area (Å²) >= 11 is 1.24. The molecule has 22 heavy (non-hydrogen) atoms. The normalized spacial score (nSPS) is 12.0. The molecule has 116 valence electrons. The van der Waals surface area contributed by atoms with Gasteiger partial charge in [0, 0.05) is 6.20 Å². The lowest BCUT2D eigenvalue weighted by Gasteiger charge is -2.13. The average molecular weight is 321 g/mol. The summed E-state index contributed by atoms with van der Waals surface area (Å²) in [6.07, 6.45) is 2.75. The Labute approximate surface area is 132 Å². The van der Waals surface area contributed by atoms with Gasteiger partial charge in [0.25, 0.3) is 0 Å². The monoisotopic (exact) mass is 321 g/mol. The van der Waals surface area contributed by atoms with E-state index in [4.69, 9.17) is 10.5 Å². The van der Waals surface area contributed by atoms with Crippen LogP contribution in [0.25, 0.3) is 0 Å². The first kappa shape index (κ1) is 16.4. The standard InChI is InChI=1S/C15H16FN3O2S/c1-8-11(16)4-5-12(21-3)13(8)14(20)10-6-18-7-19-15(10)22-9(2)17/h4-7,9H,17H2,1-3H3. The molecule has 2 aromatic rings. The number of carbonyl (C=O) groups excluding carboxylic acids is 1. The second kappa shape index (κ2) is 6.85. The Morgan fingerprint density at radius 3 is 2.82 bits per heavy atom. The van der Waals surface area contributed by atoms with E-state index in [2.05, 4.69) is 9.97 Å². The highest BCUT2D eigenvalue weighted by atomic mass is 32.2. The lowest BCUT2D eigenvalue weighted by atomic mass is 9.99. The summed E-state index contributed by atoms with van der Waals surface area (Å²) in [6, 6.07) is 2.70. The molecule has 1 atom stereocenters. The quantitative estimate of drug-likeness (QED) is 0.395. The van der Waals surface area contributed by atoms with Gasteiger partial charge in [0.1, 0.15) is 22.9 Å². The molecule has 1 aromatic heterocycles. The van der Waals surface area contributed by atoms with E-state index in [1.54, 1.807) is 6.92 Å². The number of thioether (sulfide) groups is 1. The Morgan fingerprint density at radius 2 is 2.18 bits per heavy atom. The van der Waals surface area contributed by atoms with Crippen LogP contribution in [0.15, 0.2) is 29.7 Å². The molecule has 0 fully saturated rings. The molecule has 0 spiro atoms. The minimum Gasteiger partial charge on any atom is -0.496 e. The molecule has 1 aromatic carbocycles. The number of rotatable bonds is 5. The van der Waals surface area contributed by atoms with Gasteiger partial charge in [0.05, 0.1) is 23.6 Å². The van der Waals surface area contributed by atoms with E-state index >= 15 is 0 Å². The third kappa shape index (κ3) is 3.26. The molecule has 0 aliphatic rings. The molecule has 1 heterocycles. The zero-order chi connectivity index (χ0) is 16.3. The van der Waals surface area contributed by atoms with E-state index in [0.29, 0.717) is 10.8 Å². The van der Waals surface area contributed by atoms with Crippen molar-refractivity contribution in [3.8, 4) is 5.75 Å². The van der Waals surface area contributed by atoms with Crippen molar-refractivity contribution in [3.63, 3.8) is 0 Å². The lowest BCUT2D eigenvalue weighted by molar-refractivity contribution is 0.103. The minimum atomic E-state index is -0.470. The number of benzene rings is 1. The second-order valence-electron chi connectivity index (χ2n) is 4.64. The Kier molecular flexibility index (Phi) is 5.10. The topological polar surface area (TPSA) is 78.1 Å². The number of hydrogen-bond donors (Lipinski definition) is 1. The fourth-order valence-corrected chi connectivity index (χ4v) is 2.73. The zero-order valence-corrected chi connectivity index (χ0v) is 13.3. The van der Waals surface area contributed by atoms with Gasteiger partial charge in [-0.05, 0) is 31.5 Å². The van der Waals surface area contributed by atoms with E-state index in [9.17, 15) is 9.18 Å². The van der Waals surface area contributed by atoms with E-state index in [-0.39, 0.29) is 22.1 Å². The van der Waals surface area contributed by atoms with Crippen molar-refractivity contribution in [1.82, 2.24) is 9.97 Å². The number of ether oxygens (including phenoxy) is 1. The zero-order valence-electron chi connectivity index (χ0n) is 12.5. The largest absolute Gasteiger partial charge is 0.496 e. The van der Waals surface area contributed by atoms with Crippen LogP contribution >= 0.6 is 11.8 Å². The summed E-state index contributed by atoms with van der Waals surface area (Å²) in [6.45, 7) is 3.32. The summed E-state index contributed by atoms with van der Waals surface area (Å²) in [5, 5.41) is 0.220. The molecule has 0 aliphatic carbocycles. The first-order valence-electron chi connectivity index (χ1n) is 6.55. The number of methoxy groups -OCH3 is 1. The smallest absolute Gasteiger partial charge is 0.201 e. The molecule has 2 N–H and O–H groups in total. The van der Waals surface area contributed by atoms with E-state index < -0.39 is 11.6 Å².